The number of aliphatic carboxylic acids is 1. The summed E-state index contributed by atoms with van der Waals surface area (Å²) in [5, 5.41) is 35.6. The second-order valence-corrected chi connectivity index (χ2v) is 2.87. The van der Waals surface area contributed by atoms with E-state index in [1.807, 2.05) is 0 Å². The van der Waals surface area contributed by atoms with Crippen LogP contribution < -0.4 is 5.23 Å². The van der Waals surface area contributed by atoms with Crippen LogP contribution in [0.1, 0.15) is 5.56 Å². The van der Waals surface area contributed by atoms with Gasteiger partial charge in [-0.05, 0) is 12.1 Å². The zero-order valence-electron chi connectivity index (χ0n) is 8.04. The number of carboxylic acids is 1. The van der Waals surface area contributed by atoms with Crippen LogP contribution in [0.2, 0.25) is 0 Å². The molecule has 1 unspecified atom stereocenters. The highest BCUT2D eigenvalue weighted by Gasteiger charge is 2.10. The summed E-state index contributed by atoms with van der Waals surface area (Å²) in [6, 6.07) is 7.34. The van der Waals surface area contributed by atoms with Crippen LogP contribution in [0.4, 0.5) is 5.69 Å². The molecule has 0 aliphatic heterocycles. The Morgan fingerprint density at radius 3 is 2.62 bits per heavy atom. The second kappa shape index (κ2) is 5.04. The topological polar surface area (TPSA) is 109 Å². The van der Waals surface area contributed by atoms with Crippen molar-refractivity contribution in [1.82, 2.24) is 0 Å². The number of hydrogen-bond acceptors (Lipinski definition) is 4. The fourth-order valence-corrected chi connectivity index (χ4v) is 1.11. The number of carbonyl (C=O) groups is 1. The number of quaternary nitrogens is 1. The molecular weight excluding hydrogens is 212 g/mol. The zero-order valence-corrected chi connectivity index (χ0v) is 8.04. The van der Waals surface area contributed by atoms with Crippen LogP contribution >= 0.6 is 0 Å². The van der Waals surface area contributed by atoms with Gasteiger partial charge in [0.05, 0.1) is 0 Å². The van der Waals surface area contributed by atoms with Gasteiger partial charge in [0.2, 0.25) is 0 Å². The van der Waals surface area contributed by atoms with Gasteiger partial charge in [0, 0.05) is 11.6 Å². The summed E-state index contributed by atoms with van der Waals surface area (Å²) in [6.45, 7) is 0. The van der Waals surface area contributed by atoms with E-state index in [0.29, 0.717) is 0 Å². The van der Waals surface area contributed by atoms with E-state index in [0.717, 1.165) is 6.08 Å². The number of rotatable bonds is 3. The highest BCUT2D eigenvalue weighted by atomic mass is 16.8. The third-order valence-corrected chi connectivity index (χ3v) is 1.84. The van der Waals surface area contributed by atoms with Gasteiger partial charge in [0.15, 0.2) is 5.69 Å². The van der Waals surface area contributed by atoms with Crippen LogP contribution in [0.15, 0.2) is 29.8 Å². The van der Waals surface area contributed by atoms with Crippen molar-refractivity contribution >= 4 is 17.7 Å². The highest BCUT2D eigenvalue weighted by Crippen LogP contribution is 2.14. The van der Waals surface area contributed by atoms with E-state index in [1.54, 1.807) is 6.07 Å². The fraction of sp³-hybridized carbons (Fsp3) is 0. The van der Waals surface area contributed by atoms with Crippen LogP contribution in [0.5, 0.6) is 0 Å². The summed E-state index contributed by atoms with van der Waals surface area (Å²) >= 11 is 0. The van der Waals surface area contributed by atoms with E-state index in [2.05, 4.69) is 0 Å². The minimum atomic E-state index is -1.39. The van der Waals surface area contributed by atoms with Crippen molar-refractivity contribution in [3.8, 4) is 6.07 Å². The Morgan fingerprint density at radius 1 is 1.50 bits per heavy atom. The molecule has 0 bridgehead atoms. The van der Waals surface area contributed by atoms with E-state index in [1.165, 1.54) is 24.3 Å². The van der Waals surface area contributed by atoms with Gasteiger partial charge in [-0.15, -0.1) is 0 Å². The van der Waals surface area contributed by atoms with E-state index >= 15 is 0 Å². The summed E-state index contributed by atoms with van der Waals surface area (Å²) < 4.78 is 0. The minimum absolute atomic E-state index is 0.0449. The molecule has 0 saturated carbocycles. The molecule has 0 aromatic heterocycles. The molecule has 0 fully saturated rings. The molecule has 1 aromatic carbocycles. The van der Waals surface area contributed by atoms with Crippen molar-refractivity contribution in [2.24, 2.45) is 0 Å². The number of nitriles is 1. The Bertz CT molecular complexity index is 474. The molecule has 0 aliphatic rings. The van der Waals surface area contributed by atoms with Gasteiger partial charge in [0.1, 0.15) is 11.6 Å². The van der Waals surface area contributed by atoms with Gasteiger partial charge < -0.3 is 10.3 Å². The lowest BCUT2D eigenvalue weighted by Crippen LogP contribution is -2.99. The Balaban J connectivity index is 3.24. The molecule has 1 aromatic rings. The lowest BCUT2D eigenvalue weighted by atomic mass is 10.1. The highest BCUT2D eigenvalue weighted by molar-refractivity contribution is 5.97. The second-order valence-electron chi connectivity index (χ2n) is 2.87. The number of nitrogens with one attached hydrogen (secondary N) is 1. The summed E-state index contributed by atoms with van der Waals surface area (Å²) in [7, 11) is 0. The maximum atomic E-state index is 10.8. The smallest absolute Gasteiger partial charge is 0.346 e. The average Bonchev–Trinajstić information content (AvgIpc) is 2.25. The maximum absolute atomic E-state index is 10.8. The molecule has 6 nitrogen and oxygen atoms in total. The molecular formula is C10H8N2O4. The number of para-hydroxylation sites is 1. The van der Waals surface area contributed by atoms with Crippen LogP contribution in [-0.2, 0) is 4.79 Å². The zero-order chi connectivity index (χ0) is 12.1. The third-order valence-electron chi connectivity index (χ3n) is 1.84. The quantitative estimate of drug-likeness (QED) is 0.379. The van der Waals surface area contributed by atoms with Crippen LogP contribution in [0.25, 0.3) is 6.08 Å². The normalized spacial score (nSPS) is 12.9. The van der Waals surface area contributed by atoms with Crippen molar-refractivity contribution in [2.45, 2.75) is 0 Å². The van der Waals surface area contributed by atoms with Gasteiger partial charge in [-0.1, -0.05) is 12.1 Å². The first-order valence-electron chi connectivity index (χ1n) is 4.23. The van der Waals surface area contributed by atoms with Gasteiger partial charge in [0.25, 0.3) is 0 Å². The molecule has 0 spiro atoms. The summed E-state index contributed by atoms with van der Waals surface area (Å²) in [5.41, 5.74) is -0.362. The lowest BCUT2D eigenvalue weighted by Gasteiger charge is -2.13. The molecule has 6 heteroatoms. The lowest BCUT2D eigenvalue weighted by molar-refractivity contribution is -0.991. The van der Waals surface area contributed by atoms with Crippen molar-refractivity contribution < 1.29 is 20.3 Å². The molecule has 0 amide bonds. The first-order valence-corrected chi connectivity index (χ1v) is 4.23. The van der Waals surface area contributed by atoms with Crippen molar-refractivity contribution in [3.05, 3.63) is 40.6 Å². The number of hydrogen-bond donors (Lipinski definition) is 3. The molecule has 1 atom stereocenters. The molecule has 0 saturated heterocycles. The predicted octanol–water partition coefficient (Wildman–Crippen LogP) is 0.0816. The molecule has 16 heavy (non-hydrogen) atoms. The average molecular weight is 220 g/mol. The van der Waals surface area contributed by atoms with Crippen molar-refractivity contribution in [1.29, 1.82) is 5.26 Å². The van der Waals surface area contributed by atoms with Gasteiger partial charge in [-0.3, -0.25) is 0 Å². The Hall–Kier alpha value is -2.20. The maximum Gasteiger partial charge on any atom is 0.346 e. The van der Waals surface area contributed by atoms with E-state index in [9.17, 15) is 10.0 Å². The summed E-state index contributed by atoms with van der Waals surface area (Å²) in [5.74, 6) is -1.39. The van der Waals surface area contributed by atoms with Crippen LogP contribution in [0, 0.1) is 16.5 Å². The Labute approximate surface area is 90.8 Å². The molecule has 0 aliphatic carbocycles. The first-order chi connectivity index (χ1) is 7.56. The minimum Gasteiger partial charge on any atom is -0.595 e. The summed E-state index contributed by atoms with van der Waals surface area (Å²) in [6.07, 6.45) is 1.03. The molecule has 3 N–H and O–H groups in total. The largest absolute Gasteiger partial charge is 0.595 e. The number of benzene rings is 1. The van der Waals surface area contributed by atoms with Crippen LogP contribution in [0.3, 0.4) is 0 Å². The van der Waals surface area contributed by atoms with Gasteiger partial charge in [-0.25, -0.2) is 10.0 Å². The third kappa shape index (κ3) is 2.65. The summed E-state index contributed by atoms with van der Waals surface area (Å²) in [4.78, 5) is 10.6. The predicted molar refractivity (Wildman–Crippen MR) is 53.4 cm³/mol. The molecule has 0 radical (unpaired) electrons. The number of nitrogens with zero attached hydrogens (tertiary/aromatic N) is 1. The molecule has 0 heterocycles. The van der Waals surface area contributed by atoms with Crippen LogP contribution in [-0.4, -0.2) is 16.3 Å². The monoisotopic (exact) mass is 220 g/mol. The standard InChI is InChI=1S/C10H8N2O4/c11-6-8(10(13)14)5-7-3-1-2-4-9(7)12(15)16/h1-5,12,15H,(H,13,14)/b8-5-. The van der Waals surface area contributed by atoms with Crippen molar-refractivity contribution in [2.75, 3.05) is 0 Å². The first kappa shape index (κ1) is 11.9. The van der Waals surface area contributed by atoms with E-state index in [-0.39, 0.29) is 11.3 Å². The fourth-order valence-electron chi connectivity index (χ4n) is 1.11. The molecule has 82 valence electrons. The van der Waals surface area contributed by atoms with E-state index in [4.69, 9.17) is 15.6 Å². The SMILES string of the molecule is N#C/C(=C/c1ccccc1[NH+]([O-])O)C(=O)O. The Kier molecular flexibility index (Phi) is 3.74. The molecule has 1 rings (SSSR count). The van der Waals surface area contributed by atoms with Gasteiger partial charge >= 0.3 is 5.97 Å². The van der Waals surface area contributed by atoms with Crippen molar-refractivity contribution in [3.63, 3.8) is 0 Å². The van der Waals surface area contributed by atoms with Gasteiger partial charge in [-0.2, -0.15) is 10.5 Å². The Morgan fingerprint density at radius 2 is 2.12 bits per heavy atom. The number of carboxylic acid groups (broad SMARTS) is 1. The van der Waals surface area contributed by atoms with E-state index < -0.39 is 16.8 Å².